The highest BCUT2D eigenvalue weighted by molar-refractivity contribution is 5.91. The van der Waals surface area contributed by atoms with Crippen molar-refractivity contribution in [3.8, 4) is 0 Å². The molecule has 4 heteroatoms. The fraction of sp³-hybridized carbons (Fsp3) is 0.615. The molecule has 0 spiro atoms. The Morgan fingerprint density at radius 1 is 1.47 bits per heavy atom. The number of carbonyl (C=O) groups is 1. The molecular weight excluding hydrogens is 218 g/mol. The van der Waals surface area contributed by atoms with Crippen molar-refractivity contribution < 1.29 is 14.3 Å². The van der Waals surface area contributed by atoms with Gasteiger partial charge in [0, 0.05) is 13.0 Å². The summed E-state index contributed by atoms with van der Waals surface area (Å²) in [5.41, 5.74) is 1.09. The highest BCUT2D eigenvalue weighted by atomic mass is 16.4. The van der Waals surface area contributed by atoms with Crippen LogP contribution >= 0.6 is 0 Å². The second kappa shape index (κ2) is 6.45. The van der Waals surface area contributed by atoms with Crippen LogP contribution in [0.1, 0.15) is 49.1 Å². The van der Waals surface area contributed by atoms with Gasteiger partial charge >= 0.3 is 0 Å². The fourth-order valence-corrected chi connectivity index (χ4v) is 1.66. The van der Waals surface area contributed by atoms with Crippen LogP contribution in [0.2, 0.25) is 0 Å². The fourth-order valence-electron chi connectivity index (χ4n) is 1.66. The lowest BCUT2D eigenvalue weighted by molar-refractivity contribution is 0.0916. The van der Waals surface area contributed by atoms with Crippen molar-refractivity contribution in [3.63, 3.8) is 0 Å². The molecule has 0 fully saturated rings. The van der Waals surface area contributed by atoms with E-state index in [1.54, 1.807) is 13.0 Å². The summed E-state index contributed by atoms with van der Waals surface area (Å²) in [5.74, 6) is 1.04. The van der Waals surface area contributed by atoms with Gasteiger partial charge in [-0.25, -0.2) is 0 Å². The first-order chi connectivity index (χ1) is 8.08. The molecule has 0 aliphatic rings. The van der Waals surface area contributed by atoms with Crippen LogP contribution in [0, 0.1) is 0 Å². The lowest BCUT2D eigenvalue weighted by Gasteiger charge is -2.04. The van der Waals surface area contributed by atoms with Crippen molar-refractivity contribution in [2.45, 2.75) is 46.1 Å². The number of furan rings is 1. The molecular formula is C13H21NO3. The molecule has 1 rings (SSSR count). The van der Waals surface area contributed by atoms with Gasteiger partial charge in [-0.15, -0.1) is 0 Å². The topological polar surface area (TPSA) is 62.5 Å². The van der Waals surface area contributed by atoms with Crippen LogP contribution in [0.4, 0.5) is 0 Å². The van der Waals surface area contributed by atoms with Gasteiger partial charge in [0.25, 0.3) is 5.91 Å². The van der Waals surface area contributed by atoms with Crippen molar-refractivity contribution in [1.82, 2.24) is 5.32 Å². The van der Waals surface area contributed by atoms with Crippen molar-refractivity contribution >= 4 is 5.91 Å². The molecule has 96 valence electrons. The summed E-state index contributed by atoms with van der Waals surface area (Å²) < 4.78 is 5.50. The largest absolute Gasteiger partial charge is 0.456 e. The van der Waals surface area contributed by atoms with Crippen molar-refractivity contribution in [2.24, 2.45) is 0 Å². The van der Waals surface area contributed by atoms with Gasteiger partial charge in [-0.2, -0.15) is 0 Å². The van der Waals surface area contributed by atoms with Gasteiger partial charge in [-0.1, -0.05) is 13.8 Å². The highest BCUT2D eigenvalue weighted by Crippen LogP contribution is 2.16. The molecule has 0 bridgehead atoms. The van der Waals surface area contributed by atoms with E-state index in [4.69, 9.17) is 9.52 Å². The lowest BCUT2D eigenvalue weighted by Crippen LogP contribution is -2.26. The Kier molecular flexibility index (Phi) is 5.22. The Bertz CT molecular complexity index is 347. The monoisotopic (exact) mass is 239 g/mol. The molecule has 0 aliphatic carbocycles. The zero-order valence-corrected chi connectivity index (χ0v) is 10.7. The number of aryl methyl sites for hydroxylation is 2. The quantitative estimate of drug-likeness (QED) is 0.797. The van der Waals surface area contributed by atoms with E-state index in [1.165, 1.54) is 0 Å². The summed E-state index contributed by atoms with van der Waals surface area (Å²) in [6.45, 7) is 6.20. The number of rotatable bonds is 6. The van der Waals surface area contributed by atoms with Gasteiger partial charge in [0.2, 0.25) is 0 Å². The summed E-state index contributed by atoms with van der Waals surface area (Å²) in [6.07, 6.45) is 1.81. The molecule has 1 heterocycles. The van der Waals surface area contributed by atoms with E-state index >= 15 is 0 Å². The minimum absolute atomic E-state index is 0.208. The highest BCUT2D eigenvalue weighted by Gasteiger charge is 2.14. The minimum atomic E-state index is -0.399. The Hall–Kier alpha value is -1.29. The van der Waals surface area contributed by atoms with E-state index < -0.39 is 6.10 Å². The van der Waals surface area contributed by atoms with E-state index in [9.17, 15) is 4.79 Å². The predicted octanol–water partition coefficient (Wildman–Crippen LogP) is 1.91. The Balaban J connectivity index is 2.59. The lowest BCUT2D eigenvalue weighted by atomic mass is 10.1. The van der Waals surface area contributed by atoms with Crippen LogP contribution in [-0.4, -0.2) is 23.7 Å². The van der Waals surface area contributed by atoms with Crippen LogP contribution in [0.3, 0.4) is 0 Å². The molecule has 1 aromatic heterocycles. The molecule has 0 saturated carbocycles. The summed E-state index contributed by atoms with van der Waals surface area (Å²) >= 11 is 0. The maximum Gasteiger partial charge on any atom is 0.287 e. The second-order valence-electron chi connectivity index (χ2n) is 4.16. The maximum absolute atomic E-state index is 11.7. The zero-order chi connectivity index (χ0) is 12.8. The number of aliphatic hydroxyl groups is 1. The van der Waals surface area contributed by atoms with Gasteiger partial charge in [0.1, 0.15) is 5.76 Å². The van der Waals surface area contributed by atoms with E-state index in [0.29, 0.717) is 18.7 Å². The SMILES string of the molecule is CCc1cc(C(=O)NCCC(C)O)oc1CC. The number of hydrogen-bond donors (Lipinski definition) is 2. The summed E-state index contributed by atoms with van der Waals surface area (Å²) in [4.78, 5) is 11.7. The standard InChI is InChI=1S/C13H21NO3/c1-4-10-8-12(17-11(10)5-2)13(16)14-7-6-9(3)15/h8-9,15H,4-7H2,1-3H3,(H,14,16). The predicted molar refractivity (Wildman–Crippen MR) is 66.1 cm³/mol. The first-order valence-corrected chi connectivity index (χ1v) is 6.16. The van der Waals surface area contributed by atoms with Crippen LogP contribution in [0.25, 0.3) is 0 Å². The number of carbonyl (C=O) groups excluding carboxylic acids is 1. The molecule has 2 N–H and O–H groups in total. The molecule has 1 atom stereocenters. The van der Waals surface area contributed by atoms with Crippen LogP contribution < -0.4 is 5.32 Å². The van der Waals surface area contributed by atoms with E-state index in [-0.39, 0.29) is 5.91 Å². The third kappa shape index (κ3) is 3.89. The van der Waals surface area contributed by atoms with E-state index in [1.807, 2.05) is 13.8 Å². The number of hydrogen-bond acceptors (Lipinski definition) is 3. The van der Waals surface area contributed by atoms with Gasteiger partial charge in [-0.3, -0.25) is 4.79 Å². The smallest absolute Gasteiger partial charge is 0.287 e. The van der Waals surface area contributed by atoms with Gasteiger partial charge in [0.05, 0.1) is 6.10 Å². The molecule has 0 saturated heterocycles. The van der Waals surface area contributed by atoms with Gasteiger partial charge < -0.3 is 14.8 Å². The summed E-state index contributed by atoms with van der Waals surface area (Å²) in [6, 6.07) is 1.80. The number of aliphatic hydroxyl groups excluding tert-OH is 1. The Labute approximate surface area is 102 Å². The van der Waals surface area contributed by atoms with Crippen LogP contribution in [-0.2, 0) is 12.8 Å². The average molecular weight is 239 g/mol. The zero-order valence-electron chi connectivity index (χ0n) is 10.7. The molecule has 4 nitrogen and oxygen atoms in total. The molecule has 1 aromatic rings. The molecule has 1 amide bonds. The number of nitrogens with one attached hydrogen (secondary N) is 1. The average Bonchev–Trinajstić information content (AvgIpc) is 2.71. The molecule has 17 heavy (non-hydrogen) atoms. The molecule has 1 unspecified atom stereocenters. The molecule has 0 aliphatic heterocycles. The maximum atomic E-state index is 11.7. The Morgan fingerprint density at radius 2 is 2.18 bits per heavy atom. The summed E-state index contributed by atoms with van der Waals surface area (Å²) in [5, 5.41) is 11.8. The van der Waals surface area contributed by atoms with Crippen molar-refractivity contribution in [3.05, 3.63) is 23.2 Å². The van der Waals surface area contributed by atoms with Crippen molar-refractivity contribution in [2.75, 3.05) is 6.54 Å². The van der Waals surface area contributed by atoms with Gasteiger partial charge in [-0.05, 0) is 31.4 Å². The minimum Gasteiger partial charge on any atom is -0.456 e. The van der Waals surface area contributed by atoms with Gasteiger partial charge in [0.15, 0.2) is 5.76 Å². The van der Waals surface area contributed by atoms with Crippen molar-refractivity contribution in [1.29, 1.82) is 0 Å². The molecule has 0 aromatic carbocycles. The normalized spacial score (nSPS) is 12.5. The van der Waals surface area contributed by atoms with E-state index in [0.717, 1.165) is 24.2 Å². The first kappa shape index (κ1) is 13.8. The van der Waals surface area contributed by atoms with Crippen LogP contribution in [0.5, 0.6) is 0 Å². The Morgan fingerprint density at radius 3 is 2.65 bits per heavy atom. The second-order valence-corrected chi connectivity index (χ2v) is 4.16. The molecule has 0 radical (unpaired) electrons. The number of amides is 1. The van der Waals surface area contributed by atoms with Crippen LogP contribution in [0.15, 0.2) is 10.5 Å². The summed E-state index contributed by atoms with van der Waals surface area (Å²) in [7, 11) is 0. The first-order valence-electron chi connectivity index (χ1n) is 6.16. The third-order valence-corrected chi connectivity index (χ3v) is 2.67. The van der Waals surface area contributed by atoms with E-state index in [2.05, 4.69) is 5.32 Å². The third-order valence-electron chi connectivity index (χ3n) is 2.67.